The number of rotatable bonds is 5. The molecule has 2 rings (SSSR count). The number of amides is 1. The number of carbonyl (C=O) groups excluding carboxylic acids is 2. The SMILES string of the molecule is CC[C@H](C)OC(=O)[C@@H]1CC=CC[C@@H]1C(=O)Nc1cccc(Br)c1. The smallest absolute Gasteiger partial charge is 0.310 e. The second-order valence-corrected chi connectivity index (χ2v) is 6.73. The predicted octanol–water partition coefficient (Wildman–Crippen LogP) is 4.31. The monoisotopic (exact) mass is 379 g/mol. The van der Waals surface area contributed by atoms with Gasteiger partial charge in [0.05, 0.1) is 17.9 Å². The lowest BCUT2D eigenvalue weighted by Gasteiger charge is -2.27. The van der Waals surface area contributed by atoms with E-state index in [4.69, 9.17) is 4.74 Å². The second kappa shape index (κ2) is 8.29. The van der Waals surface area contributed by atoms with E-state index in [1.165, 1.54) is 0 Å². The highest BCUT2D eigenvalue weighted by atomic mass is 79.9. The molecule has 1 N–H and O–H groups in total. The Balaban J connectivity index is 2.07. The predicted molar refractivity (Wildman–Crippen MR) is 94.0 cm³/mol. The average Bonchev–Trinajstić information content (AvgIpc) is 2.54. The van der Waals surface area contributed by atoms with Crippen molar-refractivity contribution in [3.63, 3.8) is 0 Å². The third kappa shape index (κ3) is 4.93. The van der Waals surface area contributed by atoms with Crippen molar-refractivity contribution in [3.05, 3.63) is 40.9 Å². The van der Waals surface area contributed by atoms with Crippen molar-refractivity contribution < 1.29 is 14.3 Å². The van der Waals surface area contributed by atoms with Gasteiger partial charge in [0.1, 0.15) is 0 Å². The molecule has 0 saturated heterocycles. The minimum Gasteiger partial charge on any atom is -0.462 e. The number of halogens is 1. The van der Waals surface area contributed by atoms with Gasteiger partial charge in [-0.05, 0) is 44.4 Å². The second-order valence-electron chi connectivity index (χ2n) is 5.81. The van der Waals surface area contributed by atoms with Crippen LogP contribution in [0, 0.1) is 11.8 Å². The fourth-order valence-electron chi connectivity index (χ4n) is 2.53. The highest BCUT2D eigenvalue weighted by Crippen LogP contribution is 2.29. The number of carbonyl (C=O) groups is 2. The summed E-state index contributed by atoms with van der Waals surface area (Å²) in [6.07, 6.45) is 5.65. The fourth-order valence-corrected chi connectivity index (χ4v) is 2.93. The van der Waals surface area contributed by atoms with Crippen LogP contribution in [0.1, 0.15) is 33.1 Å². The summed E-state index contributed by atoms with van der Waals surface area (Å²) in [5.41, 5.74) is 0.716. The molecule has 0 fully saturated rings. The van der Waals surface area contributed by atoms with Crippen molar-refractivity contribution in [2.45, 2.75) is 39.2 Å². The van der Waals surface area contributed by atoms with Gasteiger partial charge >= 0.3 is 5.97 Å². The van der Waals surface area contributed by atoms with Crippen molar-refractivity contribution in [1.29, 1.82) is 0 Å². The van der Waals surface area contributed by atoms with Crippen LogP contribution in [0.4, 0.5) is 5.69 Å². The molecule has 4 nitrogen and oxygen atoms in total. The molecule has 0 bridgehead atoms. The lowest BCUT2D eigenvalue weighted by molar-refractivity contribution is -0.157. The van der Waals surface area contributed by atoms with Crippen LogP contribution in [0.15, 0.2) is 40.9 Å². The Kier molecular flexibility index (Phi) is 6.39. The summed E-state index contributed by atoms with van der Waals surface area (Å²) in [5.74, 6) is -1.23. The zero-order chi connectivity index (χ0) is 16.8. The molecule has 1 aliphatic rings. The van der Waals surface area contributed by atoms with Gasteiger partial charge in [-0.1, -0.05) is 41.1 Å². The van der Waals surface area contributed by atoms with Gasteiger partial charge in [-0.25, -0.2) is 0 Å². The van der Waals surface area contributed by atoms with Gasteiger partial charge in [0.2, 0.25) is 5.91 Å². The molecular weight excluding hydrogens is 358 g/mol. The number of hydrogen-bond donors (Lipinski definition) is 1. The first-order chi connectivity index (χ1) is 11.0. The first kappa shape index (κ1) is 17.7. The van der Waals surface area contributed by atoms with Gasteiger partial charge < -0.3 is 10.1 Å². The Morgan fingerprint density at radius 2 is 2.00 bits per heavy atom. The maximum Gasteiger partial charge on any atom is 0.310 e. The van der Waals surface area contributed by atoms with Gasteiger partial charge in [0.15, 0.2) is 0 Å². The van der Waals surface area contributed by atoms with Gasteiger partial charge in [0, 0.05) is 10.2 Å². The van der Waals surface area contributed by atoms with E-state index in [0.717, 1.165) is 10.9 Å². The van der Waals surface area contributed by atoms with Crippen LogP contribution in [0.25, 0.3) is 0 Å². The van der Waals surface area contributed by atoms with Crippen molar-refractivity contribution in [2.75, 3.05) is 5.32 Å². The van der Waals surface area contributed by atoms with E-state index >= 15 is 0 Å². The molecule has 0 aromatic heterocycles. The number of ether oxygens (including phenoxy) is 1. The molecule has 0 aliphatic heterocycles. The molecule has 1 aromatic rings. The summed E-state index contributed by atoms with van der Waals surface area (Å²) in [7, 11) is 0. The molecule has 5 heteroatoms. The number of allylic oxidation sites excluding steroid dienone is 2. The van der Waals surface area contributed by atoms with Crippen molar-refractivity contribution in [2.24, 2.45) is 11.8 Å². The van der Waals surface area contributed by atoms with Crippen molar-refractivity contribution in [1.82, 2.24) is 0 Å². The molecule has 0 unspecified atom stereocenters. The maximum absolute atomic E-state index is 12.6. The third-order valence-corrected chi connectivity index (χ3v) is 4.55. The average molecular weight is 380 g/mol. The molecule has 1 aliphatic carbocycles. The summed E-state index contributed by atoms with van der Waals surface area (Å²) in [5, 5.41) is 2.89. The van der Waals surface area contributed by atoms with Crippen LogP contribution in [-0.4, -0.2) is 18.0 Å². The standard InChI is InChI=1S/C18H22BrNO3/c1-3-12(2)23-18(22)16-10-5-4-9-15(16)17(21)20-14-8-6-7-13(19)11-14/h4-8,11-12,15-16H,3,9-10H2,1-2H3,(H,20,21)/t12-,15-,16+/m0/s1. The molecule has 23 heavy (non-hydrogen) atoms. The minimum absolute atomic E-state index is 0.123. The molecule has 1 amide bonds. The normalized spacial score (nSPS) is 21.5. The Morgan fingerprint density at radius 3 is 2.65 bits per heavy atom. The van der Waals surface area contributed by atoms with Crippen LogP contribution >= 0.6 is 15.9 Å². The highest BCUT2D eigenvalue weighted by molar-refractivity contribution is 9.10. The van der Waals surface area contributed by atoms with E-state index in [2.05, 4.69) is 21.2 Å². The molecule has 0 saturated carbocycles. The van der Waals surface area contributed by atoms with Gasteiger partial charge in [-0.3, -0.25) is 9.59 Å². The lowest BCUT2D eigenvalue weighted by Crippen LogP contribution is -2.36. The van der Waals surface area contributed by atoms with E-state index in [9.17, 15) is 9.59 Å². The van der Waals surface area contributed by atoms with Crippen LogP contribution in [0.3, 0.4) is 0 Å². The van der Waals surface area contributed by atoms with Crippen LogP contribution in [-0.2, 0) is 14.3 Å². The Bertz CT molecular complexity index is 600. The largest absolute Gasteiger partial charge is 0.462 e. The van der Waals surface area contributed by atoms with E-state index < -0.39 is 11.8 Å². The van der Waals surface area contributed by atoms with E-state index in [-0.39, 0.29) is 18.0 Å². The molecular formula is C18H22BrNO3. The number of hydrogen-bond acceptors (Lipinski definition) is 3. The Hall–Kier alpha value is -1.62. The van der Waals surface area contributed by atoms with E-state index in [1.54, 1.807) is 0 Å². The first-order valence-electron chi connectivity index (χ1n) is 7.93. The van der Waals surface area contributed by atoms with E-state index in [1.807, 2.05) is 50.3 Å². The molecule has 124 valence electrons. The number of anilines is 1. The molecule has 0 radical (unpaired) electrons. The Labute approximate surface area is 145 Å². The summed E-state index contributed by atoms with van der Waals surface area (Å²) in [6.45, 7) is 3.84. The topological polar surface area (TPSA) is 55.4 Å². The summed E-state index contributed by atoms with van der Waals surface area (Å²) in [6, 6.07) is 7.41. The number of benzene rings is 1. The molecule has 0 heterocycles. The number of esters is 1. The fraction of sp³-hybridized carbons (Fsp3) is 0.444. The molecule has 0 spiro atoms. The minimum atomic E-state index is -0.416. The van der Waals surface area contributed by atoms with Crippen LogP contribution in [0.2, 0.25) is 0 Å². The quantitative estimate of drug-likeness (QED) is 0.612. The summed E-state index contributed by atoms with van der Waals surface area (Å²) >= 11 is 3.38. The van der Waals surface area contributed by atoms with Gasteiger partial charge in [-0.15, -0.1) is 0 Å². The Morgan fingerprint density at radius 1 is 1.30 bits per heavy atom. The van der Waals surface area contributed by atoms with E-state index in [0.29, 0.717) is 18.5 Å². The summed E-state index contributed by atoms with van der Waals surface area (Å²) in [4.78, 5) is 24.9. The lowest BCUT2D eigenvalue weighted by atomic mass is 9.82. The zero-order valence-corrected chi connectivity index (χ0v) is 15.0. The van der Waals surface area contributed by atoms with Crippen molar-refractivity contribution in [3.8, 4) is 0 Å². The van der Waals surface area contributed by atoms with Crippen LogP contribution < -0.4 is 5.32 Å². The van der Waals surface area contributed by atoms with Crippen molar-refractivity contribution >= 4 is 33.5 Å². The summed E-state index contributed by atoms with van der Waals surface area (Å²) < 4.78 is 6.32. The highest BCUT2D eigenvalue weighted by Gasteiger charge is 2.35. The third-order valence-electron chi connectivity index (χ3n) is 4.06. The first-order valence-corrected chi connectivity index (χ1v) is 8.72. The van der Waals surface area contributed by atoms with Gasteiger partial charge in [0.25, 0.3) is 0 Å². The molecule has 1 aromatic carbocycles. The number of nitrogens with one attached hydrogen (secondary N) is 1. The van der Waals surface area contributed by atoms with Gasteiger partial charge in [-0.2, -0.15) is 0 Å². The molecule has 3 atom stereocenters. The zero-order valence-electron chi connectivity index (χ0n) is 13.4. The maximum atomic E-state index is 12.6. The van der Waals surface area contributed by atoms with Crippen LogP contribution in [0.5, 0.6) is 0 Å².